The molecule has 0 unspecified atom stereocenters. The smallest absolute Gasteiger partial charge is 0.406 e. The molecule has 0 bridgehead atoms. The van der Waals surface area contributed by atoms with Gasteiger partial charge in [-0.2, -0.15) is 0 Å². The van der Waals surface area contributed by atoms with Crippen LogP contribution < -0.4 is 9.64 Å². The Morgan fingerprint density at radius 1 is 0.973 bits per heavy atom. The largest absolute Gasteiger partial charge is 0.573 e. The normalized spacial score (nSPS) is 18.5. The van der Waals surface area contributed by atoms with Gasteiger partial charge >= 0.3 is 6.36 Å². The van der Waals surface area contributed by atoms with Crippen LogP contribution in [0.2, 0.25) is 5.02 Å². The molecule has 0 atom stereocenters. The first-order chi connectivity index (χ1) is 17.7. The molecule has 3 heterocycles. The maximum atomic E-state index is 13.0. The van der Waals surface area contributed by atoms with Crippen molar-refractivity contribution in [3.8, 4) is 5.75 Å². The van der Waals surface area contributed by atoms with Gasteiger partial charge in [0.15, 0.2) is 0 Å². The molecule has 3 aliphatic heterocycles. The molecule has 0 aliphatic carbocycles. The molecule has 198 valence electrons. The second-order valence-corrected chi connectivity index (χ2v) is 10.1. The van der Waals surface area contributed by atoms with Crippen LogP contribution in [0.5, 0.6) is 5.75 Å². The minimum atomic E-state index is -4.75. The number of likely N-dealkylation sites (tertiary alicyclic amines) is 1. The molecule has 5 rings (SSSR count). The van der Waals surface area contributed by atoms with Gasteiger partial charge in [0, 0.05) is 58.0 Å². The number of hydrogen-bond donors (Lipinski definition) is 0. The molecule has 11 heteroatoms. The Bertz CT molecular complexity index is 1160. The monoisotopic (exact) mass is 536 g/mol. The maximum Gasteiger partial charge on any atom is 0.573 e. The first-order valence-corrected chi connectivity index (χ1v) is 12.8. The lowest BCUT2D eigenvalue weighted by Gasteiger charge is -2.36. The molecule has 2 fully saturated rings. The molecule has 2 aromatic carbocycles. The fourth-order valence-electron chi connectivity index (χ4n) is 5.20. The minimum absolute atomic E-state index is 0.201. The third kappa shape index (κ3) is 5.96. The van der Waals surface area contributed by atoms with Crippen LogP contribution in [-0.2, 0) is 17.9 Å². The van der Waals surface area contributed by atoms with Gasteiger partial charge in [0.2, 0.25) is 5.91 Å². The summed E-state index contributed by atoms with van der Waals surface area (Å²) in [5.41, 5.74) is 2.93. The van der Waals surface area contributed by atoms with E-state index >= 15 is 0 Å². The van der Waals surface area contributed by atoms with E-state index in [0.717, 1.165) is 63.4 Å². The van der Waals surface area contributed by atoms with Crippen molar-refractivity contribution in [2.45, 2.75) is 32.3 Å². The highest BCUT2D eigenvalue weighted by molar-refractivity contribution is 6.34. The Morgan fingerprint density at radius 3 is 2.30 bits per heavy atom. The number of carbonyl (C=O) groups is 2. The molecule has 2 amide bonds. The first-order valence-electron chi connectivity index (χ1n) is 12.4. The number of nitrogens with zero attached hydrogens (tertiary/aromatic N) is 4. The van der Waals surface area contributed by atoms with E-state index in [4.69, 9.17) is 11.6 Å². The van der Waals surface area contributed by atoms with Crippen LogP contribution in [0, 0.1) is 0 Å². The van der Waals surface area contributed by atoms with Gasteiger partial charge in [-0.05, 0) is 48.2 Å². The van der Waals surface area contributed by atoms with Gasteiger partial charge in [0.25, 0.3) is 5.91 Å². The Morgan fingerprint density at radius 2 is 1.65 bits per heavy atom. The van der Waals surface area contributed by atoms with Gasteiger partial charge in [-0.25, -0.2) is 0 Å². The van der Waals surface area contributed by atoms with Crippen molar-refractivity contribution in [3.63, 3.8) is 0 Å². The van der Waals surface area contributed by atoms with Crippen molar-refractivity contribution < 1.29 is 27.5 Å². The van der Waals surface area contributed by atoms with E-state index in [1.54, 1.807) is 4.90 Å². The highest BCUT2D eigenvalue weighted by atomic mass is 35.5. The molecule has 0 spiro atoms. The number of piperazine rings is 1. The molecule has 7 nitrogen and oxygen atoms in total. The van der Waals surface area contributed by atoms with Crippen molar-refractivity contribution >= 4 is 29.1 Å². The van der Waals surface area contributed by atoms with Crippen molar-refractivity contribution in [2.24, 2.45) is 0 Å². The average Bonchev–Trinajstić information content (AvgIpc) is 3.49. The van der Waals surface area contributed by atoms with E-state index in [0.29, 0.717) is 29.2 Å². The Balaban J connectivity index is 1.19. The van der Waals surface area contributed by atoms with Crippen molar-refractivity contribution in [2.75, 3.05) is 50.7 Å². The minimum Gasteiger partial charge on any atom is -0.406 e. The van der Waals surface area contributed by atoms with Crippen LogP contribution in [0.3, 0.4) is 0 Å². The highest BCUT2D eigenvalue weighted by Gasteiger charge is 2.33. The van der Waals surface area contributed by atoms with Crippen molar-refractivity contribution in [3.05, 3.63) is 58.1 Å². The van der Waals surface area contributed by atoms with Gasteiger partial charge in [0.1, 0.15) is 5.75 Å². The Hall–Kier alpha value is -2.98. The average molecular weight is 537 g/mol. The number of alkyl halides is 3. The zero-order valence-corrected chi connectivity index (χ0v) is 21.0. The molecule has 0 saturated carbocycles. The summed E-state index contributed by atoms with van der Waals surface area (Å²) in [5.74, 6) is -0.305. The summed E-state index contributed by atoms with van der Waals surface area (Å²) >= 11 is 6.55. The number of anilines is 1. The van der Waals surface area contributed by atoms with Gasteiger partial charge in [-0.3, -0.25) is 14.5 Å². The molecular weight excluding hydrogens is 509 g/mol. The van der Waals surface area contributed by atoms with Crippen LogP contribution in [-0.4, -0.2) is 78.7 Å². The second-order valence-electron chi connectivity index (χ2n) is 9.67. The molecular formula is C26H28ClF3N4O3. The zero-order chi connectivity index (χ0) is 26.2. The Labute approximate surface area is 218 Å². The quantitative estimate of drug-likeness (QED) is 0.555. The number of hydrogen-bond acceptors (Lipinski definition) is 5. The first kappa shape index (κ1) is 25.7. The number of halogens is 4. The number of rotatable bonds is 6. The predicted octanol–water partition coefficient (Wildman–Crippen LogP) is 4.14. The molecule has 2 saturated heterocycles. The number of amides is 2. The van der Waals surface area contributed by atoms with Crippen LogP contribution >= 0.6 is 11.6 Å². The lowest BCUT2D eigenvalue weighted by molar-refractivity contribution is -0.274. The van der Waals surface area contributed by atoms with Gasteiger partial charge < -0.3 is 19.4 Å². The molecule has 0 N–H and O–H groups in total. The standard InChI is InChI=1S/C26H28ClF3N4O3/c27-22-14-20(32-11-9-31(10-12-32)17-23(35)33-7-1-2-8-33)13-19-16-34(25(36)24(19)22)15-18-3-5-21(6-4-18)37-26(28,29)30/h3-6,13-14H,1-2,7-12,15-17H2. The number of ether oxygens (including phenoxy) is 1. The molecule has 0 radical (unpaired) electrons. The van der Waals surface area contributed by atoms with Crippen LogP contribution in [0.1, 0.15) is 34.3 Å². The van der Waals surface area contributed by atoms with E-state index in [1.165, 1.54) is 24.3 Å². The van der Waals surface area contributed by atoms with E-state index in [2.05, 4.69) is 14.5 Å². The third-order valence-electron chi connectivity index (χ3n) is 7.10. The summed E-state index contributed by atoms with van der Waals surface area (Å²) in [4.78, 5) is 33.5. The fraction of sp³-hybridized carbons (Fsp3) is 0.462. The lowest BCUT2D eigenvalue weighted by Crippen LogP contribution is -2.49. The lowest BCUT2D eigenvalue weighted by atomic mass is 10.1. The van der Waals surface area contributed by atoms with Crippen LogP contribution in [0.15, 0.2) is 36.4 Å². The zero-order valence-electron chi connectivity index (χ0n) is 20.3. The summed E-state index contributed by atoms with van der Waals surface area (Å²) in [6.45, 7) is 5.84. The second kappa shape index (κ2) is 10.4. The van der Waals surface area contributed by atoms with E-state index < -0.39 is 6.36 Å². The number of benzene rings is 2. The number of fused-ring (bicyclic) bond motifs is 1. The third-order valence-corrected chi connectivity index (χ3v) is 7.40. The molecule has 3 aliphatic rings. The summed E-state index contributed by atoms with van der Waals surface area (Å²) in [6, 6.07) is 9.30. The van der Waals surface area contributed by atoms with Crippen molar-refractivity contribution in [1.29, 1.82) is 0 Å². The Kier molecular flexibility index (Phi) is 7.22. The van der Waals surface area contributed by atoms with Gasteiger partial charge in [0.05, 0.1) is 17.1 Å². The maximum absolute atomic E-state index is 13.0. The number of carbonyl (C=O) groups excluding carboxylic acids is 2. The van der Waals surface area contributed by atoms with Gasteiger partial charge in [-0.15, -0.1) is 13.2 Å². The van der Waals surface area contributed by atoms with E-state index in [1.807, 2.05) is 17.0 Å². The fourth-order valence-corrected chi connectivity index (χ4v) is 5.51. The van der Waals surface area contributed by atoms with Crippen LogP contribution in [0.4, 0.5) is 18.9 Å². The SMILES string of the molecule is O=C(CN1CCN(c2cc(Cl)c3c(c2)CN(Cc2ccc(OC(F)(F)F)cc2)C3=O)CC1)N1CCCC1. The predicted molar refractivity (Wildman–Crippen MR) is 133 cm³/mol. The van der Waals surface area contributed by atoms with E-state index in [9.17, 15) is 22.8 Å². The topological polar surface area (TPSA) is 56.3 Å². The molecule has 37 heavy (non-hydrogen) atoms. The van der Waals surface area contributed by atoms with E-state index in [-0.39, 0.29) is 24.1 Å². The summed E-state index contributed by atoms with van der Waals surface area (Å²) in [6.07, 6.45) is -2.58. The van der Waals surface area contributed by atoms with Crippen LogP contribution in [0.25, 0.3) is 0 Å². The summed E-state index contributed by atoms with van der Waals surface area (Å²) in [7, 11) is 0. The summed E-state index contributed by atoms with van der Waals surface area (Å²) < 4.78 is 41.1. The van der Waals surface area contributed by atoms with Crippen molar-refractivity contribution in [1.82, 2.24) is 14.7 Å². The highest BCUT2D eigenvalue weighted by Crippen LogP contribution is 2.35. The summed E-state index contributed by atoms with van der Waals surface area (Å²) in [5, 5.41) is 0.389. The molecule has 0 aromatic heterocycles. The van der Waals surface area contributed by atoms with Gasteiger partial charge in [-0.1, -0.05) is 23.7 Å². The molecule has 2 aromatic rings.